The summed E-state index contributed by atoms with van der Waals surface area (Å²) in [6, 6.07) is 9.80. The van der Waals surface area contributed by atoms with Gasteiger partial charge in [-0.25, -0.2) is 0 Å². The maximum absolute atomic E-state index is 13.9. The minimum absolute atomic E-state index is 0.0345. The Hall–Kier alpha value is -4.17. The van der Waals surface area contributed by atoms with Crippen molar-refractivity contribution >= 4 is 35.0 Å². The van der Waals surface area contributed by atoms with Gasteiger partial charge in [-0.3, -0.25) is 24.1 Å². The number of benzene rings is 2. The number of carbonyl (C=O) groups excluding carboxylic acids is 4. The van der Waals surface area contributed by atoms with Crippen LogP contribution < -0.4 is 4.74 Å². The van der Waals surface area contributed by atoms with Crippen molar-refractivity contribution in [2.24, 2.45) is 17.8 Å². The number of allylic oxidation sites excluding steroid dienone is 6. The van der Waals surface area contributed by atoms with Crippen molar-refractivity contribution in [3.63, 3.8) is 0 Å². The number of Topliss-reactive ketones (excluding diaryl/α,β-unsaturated/α-hetero) is 1. The summed E-state index contributed by atoms with van der Waals surface area (Å²) in [6.45, 7) is 1.81. The van der Waals surface area contributed by atoms with Gasteiger partial charge in [0.05, 0.1) is 24.0 Å². The Balaban J connectivity index is 1.40. The van der Waals surface area contributed by atoms with Crippen LogP contribution in [0.15, 0.2) is 70.8 Å². The number of nitrogens with zero attached hydrogens (tertiary/aromatic N) is 1. The molecule has 0 bridgehead atoms. The number of aromatic hydroxyl groups is 2. The summed E-state index contributed by atoms with van der Waals surface area (Å²) in [7, 11) is 1.39. The van der Waals surface area contributed by atoms with Crippen LogP contribution in [0.1, 0.15) is 36.8 Å². The number of hydrogen-bond donors (Lipinski definition) is 2. The Morgan fingerprint density at radius 3 is 2.46 bits per heavy atom. The highest BCUT2D eigenvalue weighted by atomic mass is 35.5. The Morgan fingerprint density at radius 2 is 1.76 bits per heavy atom. The molecule has 1 aliphatic heterocycles. The second-order valence-electron chi connectivity index (χ2n) is 11.0. The van der Waals surface area contributed by atoms with Crippen LogP contribution >= 0.6 is 11.6 Å². The second kappa shape index (κ2) is 10.0. The van der Waals surface area contributed by atoms with Gasteiger partial charge in [0.15, 0.2) is 23.1 Å². The number of carbonyl (C=O) groups is 4. The van der Waals surface area contributed by atoms with Gasteiger partial charge in [-0.2, -0.15) is 0 Å². The minimum atomic E-state index is -0.689. The van der Waals surface area contributed by atoms with E-state index in [4.69, 9.17) is 16.3 Å². The number of rotatable bonds is 5. The molecule has 0 aromatic heterocycles. The molecule has 1 heterocycles. The Bertz CT molecular complexity index is 1620. The largest absolute Gasteiger partial charge is 0.508 e. The molecule has 4 atom stereocenters. The van der Waals surface area contributed by atoms with Crippen molar-refractivity contribution in [2.45, 2.75) is 32.1 Å². The van der Waals surface area contributed by atoms with Crippen LogP contribution in [0.25, 0.3) is 0 Å². The summed E-state index contributed by atoms with van der Waals surface area (Å²) in [4.78, 5) is 55.5. The van der Waals surface area contributed by atoms with E-state index in [9.17, 15) is 29.4 Å². The molecule has 1 saturated heterocycles. The number of ketones is 2. The zero-order chi connectivity index (χ0) is 29.2. The molecule has 4 unspecified atom stereocenters. The van der Waals surface area contributed by atoms with Gasteiger partial charge in [-0.1, -0.05) is 35.4 Å². The number of fused-ring (bicyclic) bond motifs is 3. The third-order valence-electron chi connectivity index (χ3n) is 8.82. The highest BCUT2D eigenvalue weighted by molar-refractivity contribution is 6.32. The first-order chi connectivity index (χ1) is 19.6. The van der Waals surface area contributed by atoms with Gasteiger partial charge in [0.2, 0.25) is 11.8 Å². The molecule has 0 radical (unpaired) electrons. The van der Waals surface area contributed by atoms with Crippen molar-refractivity contribution in [1.29, 1.82) is 0 Å². The van der Waals surface area contributed by atoms with E-state index in [-0.39, 0.29) is 58.6 Å². The van der Waals surface area contributed by atoms with Crippen LogP contribution in [-0.4, -0.2) is 52.1 Å². The molecule has 1 fully saturated rings. The Labute approximate surface area is 241 Å². The van der Waals surface area contributed by atoms with Crippen LogP contribution in [0.5, 0.6) is 17.2 Å². The lowest BCUT2D eigenvalue weighted by Gasteiger charge is -2.42. The number of likely N-dealkylation sites (tertiary alicyclic amines) is 1. The van der Waals surface area contributed by atoms with E-state index in [1.165, 1.54) is 18.1 Å². The topological polar surface area (TPSA) is 121 Å². The van der Waals surface area contributed by atoms with Crippen molar-refractivity contribution in [1.82, 2.24) is 4.90 Å². The molecule has 2 amide bonds. The molecular formula is C32H28ClNO7. The highest BCUT2D eigenvalue weighted by Crippen LogP contribution is 2.56. The maximum atomic E-state index is 13.9. The molecule has 41 heavy (non-hydrogen) atoms. The molecular weight excluding hydrogens is 546 g/mol. The summed E-state index contributed by atoms with van der Waals surface area (Å²) < 4.78 is 5.33. The first-order valence-electron chi connectivity index (χ1n) is 13.5. The zero-order valence-corrected chi connectivity index (χ0v) is 23.3. The first-order valence-corrected chi connectivity index (χ1v) is 13.9. The van der Waals surface area contributed by atoms with Gasteiger partial charge < -0.3 is 14.9 Å². The van der Waals surface area contributed by atoms with E-state index in [0.717, 1.165) is 11.1 Å². The lowest BCUT2D eigenvalue weighted by Crippen LogP contribution is -2.40. The normalized spacial score (nSPS) is 25.5. The molecule has 3 aliphatic carbocycles. The van der Waals surface area contributed by atoms with Crippen molar-refractivity contribution in [2.75, 3.05) is 13.7 Å². The molecule has 2 N–H and O–H groups in total. The number of halogens is 1. The predicted molar refractivity (Wildman–Crippen MR) is 150 cm³/mol. The number of imide groups is 1. The lowest BCUT2D eigenvalue weighted by molar-refractivity contribution is -0.140. The molecule has 9 heteroatoms. The quantitative estimate of drug-likeness (QED) is 0.308. The monoisotopic (exact) mass is 573 g/mol. The van der Waals surface area contributed by atoms with Gasteiger partial charge in [0, 0.05) is 29.2 Å². The number of amides is 2. The third kappa shape index (κ3) is 4.28. The van der Waals surface area contributed by atoms with Crippen LogP contribution in [0.4, 0.5) is 0 Å². The maximum Gasteiger partial charge on any atom is 0.233 e. The smallest absolute Gasteiger partial charge is 0.233 e. The highest BCUT2D eigenvalue weighted by Gasteiger charge is 2.56. The zero-order valence-electron chi connectivity index (χ0n) is 22.5. The Kier molecular flexibility index (Phi) is 6.61. The number of ether oxygens (including phenoxy) is 1. The fourth-order valence-electron chi connectivity index (χ4n) is 6.85. The first kappa shape index (κ1) is 27.0. The summed E-state index contributed by atoms with van der Waals surface area (Å²) in [5, 5.41) is 20.0. The van der Waals surface area contributed by atoms with Gasteiger partial charge in [-0.05, 0) is 73.6 Å². The van der Waals surface area contributed by atoms with Gasteiger partial charge in [0.25, 0.3) is 0 Å². The van der Waals surface area contributed by atoms with E-state index < -0.39 is 23.7 Å². The van der Waals surface area contributed by atoms with Gasteiger partial charge in [-0.15, -0.1) is 0 Å². The van der Waals surface area contributed by atoms with Gasteiger partial charge in [0.1, 0.15) is 5.75 Å². The summed E-state index contributed by atoms with van der Waals surface area (Å²) in [6.07, 6.45) is 4.23. The van der Waals surface area contributed by atoms with Crippen molar-refractivity contribution < 1.29 is 34.1 Å². The second-order valence-corrected chi connectivity index (χ2v) is 11.4. The fraction of sp³-hybridized carbons (Fsp3) is 0.312. The number of hydrogen-bond acceptors (Lipinski definition) is 7. The molecule has 8 nitrogen and oxygen atoms in total. The fourth-order valence-corrected chi connectivity index (χ4v) is 7.07. The molecule has 2 aromatic carbocycles. The van der Waals surface area contributed by atoms with Crippen LogP contribution in [0.2, 0.25) is 5.02 Å². The molecule has 0 saturated carbocycles. The summed E-state index contributed by atoms with van der Waals surface area (Å²) in [5.41, 5.74) is 3.27. The Morgan fingerprint density at radius 1 is 1.02 bits per heavy atom. The van der Waals surface area contributed by atoms with Crippen LogP contribution in [0, 0.1) is 17.8 Å². The molecule has 210 valence electrons. The van der Waals surface area contributed by atoms with Crippen molar-refractivity contribution in [3.8, 4) is 17.2 Å². The van der Waals surface area contributed by atoms with E-state index in [1.807, 2.05) is 6.08 Å². The van der Waals surface area contributed by atoms with Crippen LogP contribution in [0.3, 0.4) is 0 Å². The van der Waals surface area contributed by atoms with E-state index in [0.29, 0.717) is 35.1 Å². The molecule has 2 aromatic rings. The number of methoxy groups -OCH3 is 1. The molecule has 0 spiro atoms. The molecule has 4 aliphatic rings. The average Bonchev–Trinajstić information content (AvgIpc) is 3.20. The average molecular weight is 574 g/mol. The predicted octanol–water partition coefficient (Wildman–Crippen LogP) is 4.43. The van der Waals surface area contributed by atoms with E-state index in [1.54, 1.807) is 43.3 Å². The van der Waals surface area contributed by atoms with E-state index >= 15 is 0 Å². The van der Waals surface area contributed by atoms with Crippen LogP contribution in [-0.2, 0) is 25.6 Å². The van der Waals surface area contributed by atoms with Gasteiger partial charge >= 0.3 is 0 Å². The van der Waals surface area contributed by atoms with E-state index in [2.05, 4.69) is 0 Å². The lowest BCUT2D eigenvalue weighted by atomic mass is 9.59. The number of phenolic OH excluding ortho intramolecular Hbond substituents is 2. The molecule has 6 rings (SSSR count). The minimum Gasteiger partial charge on any atom is -0.508 e. The van der Waals surface area contributed by atoms with Crippen molar-refractivity contribution in [3.05, 3.63) is 87.0 Å². The summed E-state index contributed by atoms with van der Waals surface area (Å²) in [5.74, 6) is -3.38. The number of phenols is 2. The SMILES string of the molecule is COc1cc(C2C3=CCC4C(=O)N(CCc5ccc(O)cc5)C(=O)C4C3CC3=C2C(=O)C(C)=CC3=O)cc(Cl)c1O. The summed E-state index contributed by atoms with van der Waals surface area (Å²) >= 11 is 6.36. The standard InChI is InChI=1S/C32H28ClNO7/c1-15-11-24(36)22-14-21-19(26(28(22)29(15)37)17-12-23(33)30(38)25(13-17)41-2)7-8-20-27(21)32(40)34(31(20)39)10-9-16-3-5-18(35)6-4-16/h3-7,11-13,20-21,26-27,35,38H,8-10,14H2,1-2H3. The third-order valence-corrected chi connectivity index (χ3v) is 9.11.